The number of sulfonamides is 1. The molecule has 1 N–H and O–H groups in total. The molecule has 7 nitrogen and oxygen atoms in total. The number of hydrogen-bond donors (Lipinski definition) is 1. The second-order valence-electron chi connectivity index (χ2n) is 11.0. The molecule has 0 aromatic heterocycles. The lowest BCUT2D eigenvalue weighted by molar-refractivity contribution is -0.142. The van der Waals surface area contributed by atoms with Crippen LogP contribution in [0.4, 0.5) is 5.69 Å². The van der Waals surface area contributed by atoms with Gasteiger partial charge < -0.3 is 10.2 Å². The molecule has 0 unspecified atom stereocenters. The fraction of sp³-hybridized carbons (Fsp3) is 0.355. The number of para-hydroxylation sites is 1. The number of anilines is 1. The molecule has 0 aliphatic carbocycles. The van der Waals surface area contributed by atoms with Crippen LogP contribution in [-0.4, -0.2) is 49.5 Å². The summed E-state index contributed by atoms with van der Waals surface area (Å²) in [6.45, 7) is 5.91. The normalized spacial score (nSPS) is 12.4. The van der Waals surface area contributed by atoms with Crippen molar-refractivity contribution in [2.75, 3.05) is 17.1 Å². The molecule has 3 aromatic carbocycles. The lowest BCUT2D eigenvalue weighted by Crippen LogP contribution is -2.54. The van der Waals surface area contributed by atoms with Gasteiger partial charge in [-0.15, -0.1) is 0 Å². The number of halogens is 2. The molecule has 41 heavy (non-hydrogen) atoms. The van der Waals surface area contributed by atoms with E-state index in [0.29, 0.717) is 22.2 Å². The van der Waals surface area contributed by atoms with Gasteiger partial charge in [-0.05, 0) is 62.6 Å². The molecule has 0 fully saturated rings. The van der Waals surface area contributed by atoms with E-state index in [-0.39, 0.29) is 37.7 Å². The van der Waals surface area contributed by atoms with E-state index in [1.165, 1.54) is 4.31 Å². The van der Waals surface area contributed by atoms with E-state index in [2.05, 4.69) is 5.32 Å². The molecule has 0 spiro atoms. The molecule has 0 bridgehead atoms. The lowest BCUT2D eigenvalue weighted by atomic mass is 10.00. The van der Waals surface area contributed by atoms with Crippen molar-refractivity contribution in [1.29, 1.82) is 0 Å². The topological polar surface area (TPSA) is 86.8 Å². The third-order valence-corrected chi connectivity index (χ3v) is 8.24. The number of nitrogens with one attached hydrogen (secondary N) is 1. The summed E-state index contributed by atoms with van der Waals surface area (Å²) >= 11 is 12.4. The molecule has 0 radical (unpaired) electrons. The molecule has 0 saturated heterocycles. The highest BCUT2D eigenvalue weighted by atomic mass is 35.5. The van der Waals surface area contributed by atoms with Crippen molar-refractivity contribution >= 4 is 50.7 Å². The molecule has 0 saturated carbocycles. The van der Waals surface area contributed by atoms with Gasteiger partial charge in [0.15, 0.2) is 0 Å². The van der Waals surface area contributed by atoms with Crippen molar-refractivity contribution in [3.05, 3.63) is 100 Å². The number of carbonyl (C=O) groups excluding carboxylic acids is 2. The second kappa shape index (κ2) is 14.2. The molecule has 0 aliphatic heterocycles. The Kier molecular flexibility index (Phi) is 11.2. The maximum Gasteiger partial charge on any atom is 0.243 e. The van der Waals surface area contributed by atoms with Crippen LogP contribution in [0.1, 0.15) is 44.7 Å². The van der Waals surface area contributed by atoms with E-state index in [9.17, 15) is 18.0 Å². The Morgan fingerprint density at radius 1 is 0.878 bits per heavy atom. The van der Waals surface area contributed by atoms with Crippen molar-refractivity contribution in [3.63, 3.8) is 0 Å². The monoisotopic (exact) mass is 617 g/mol. The number of rotatable bonds is 12. The molecular formula is C31H37Cl2N3O4S. The fourth-order valence-corrected chi connectivity index (χ4v) is 5.73. The first-order valence-corrected chi connectivity index (χ1v) is 16.0. The zero-order chi connectivity index (χ0) is 30.2. The minimum Gasteiger partial charge on any atom is -0.350 e. The quantitative estimate of drug-likeness (QED) is 0.266. The SMILES string of the molecule is CC(C)(C)NC(=O)[C@@H](Cc1ccccc1)N(Cc1ccc(Cl)c(Cl)c1)C(=O)CCCN(c1ccccc1)S(C)(=O)=O. The van der Waals surface area contributed by atoms with Crippen LogP contribution in [0.15, 0.2) is 78.9 Å². The second-order valence-corrected chi connectivity index (χ2v) is 13.7. The van der Waals surface area contributed by atoms with Crippen LogP contribution in [-0.2, 0) is 32.6 Å². The van der Waals surface area contributed by atoms with Crippen molar-refractivity contribution in [2.24, 2.45) is 0 Å². The van der Waals surface area contributed by atoms with Gasteiger partial charge in [-0.2, -0.15) is 0 Å². The summed E-state index contributed by atoms with van der Waals surface area (Å²) in [4.78, 5) is 29.1. The summed E-state index contributed by atoms with van der Waals surface area (Å²) < 4.78 is 26.3. The van der Waals surface area contributed by atoms with Gasteiger partial charge in [0, 0.05) is 31.5 Å². The zero-order valence-electron chi connectivity index (χ0n) is 23.8. The van der Waals surface area contributed by atoms with Crippen LogP contribution in [0.2, 0.25) is 10.0 Å². The number of hydrogen-bond acceptors (Lipinski definition) is 4. The summed E-state index contributed by atoms with van der Waals surface area (Å²) in [7, 11) is -3.57. The van der Waals surface area contributed by atoms with Crippen molar-refractivity contribution < 1.29 is 18.0 Å². The van der Waals surface area contributed by atoms with Crippen LogP contribution in [0.5, 0.6) is 0 Å². The van der Waals surface area contributed by atoms with Gasteiger partial charge in [-0.25, -0.2) is 8.42 Å². The van der Waals surface area contributed by atoms with Crippen molar-refractivity contribution in [3.8, 4) is 0 Å². The average Bonchev–Trinajstić information content (AvgIpc) is 2.90. The zero-order valence-corrected chi connectivity index (χ0v) is 26.1. The Bertz CT molecular complexity index is 1430. The van der Waals surface area contributed by atoms with Crippen LogP contribution in [0.3, 0.4) is 0 Å². The predicted molar refractivity (Wildman–Crippen MR) is 167 cm³/mol. The average molecular weight is 619 g/mol. The maximum atomic E-state index is 13.9. The van der Waals surface area contributed by atoms with E-state index < -0.39 is 21.6 Å². The minimum atomic E-state index is -3.57. The molecule has 1 atom stereocenters. The standard InChI is InChI=1S/C31H37Cl2N3O4S/c1-31(2,3)34-30(38)28(21-23-12-7-5-8-13-23)35(22-24-17-18-26(32)27(33)20-24)29(37)16-11-19-36(41(4,39)40)25-14-9-6-10-15-25/h5-10,12-15,17-18,20,28H,11,16,19,21-22H2,1-4H3,(H,34,38)/t28-/m1/s1. The smallest absolute Gasteiger partial charge is 0.243 e. The van der Waals surface area contributed by atoms with Gasteiger partial charge in [-0.3, -0.25) is 13.9 Å². The first kappa shape index (κ1) is 32.4. The molecular weight excluding hydrogens is 581 g/mol. The summed E-state index contributed by atoms with van der Waals surface area (Å²) in [5.74, 6) is -0.556. The van der Waals surface area contributed by atoms with E-state index in [1.807, 2.05) is 57.2 Å². The van der Waals surface area contributed by atoms with Gasteiger partial charge in [0.25, 0.3) is 0 Å². The molecule has 3 rings (SSSR count). The summed E-state index contributed by atoms with van der Waals surface area (Å²) in [6, 6.07) is 22.6. The van der Waals surface area contributed by atoms with Crippen molar-refractivity contribution in [2.45, 2.75) is 58.2 Å². The largest absolute Gasteiger partial charge is 0.350 e. The Hall–Kier alpha value is -3.07. The van der Waals surface area contributed by atoms with Crippen LogP contribution in [0.25, 0.3) is 0 Å². The van der Waals surface area contributed by atoms with Crippen LogP contribution in [0, 0.1) is 0 Å². The molecule has 10 heteroatoms. The van der Waals surface area contributed by atoms with Crippen molar-refractivity contribution in [1.82, 2.24) is 10.2 Å². The predicted octanol–water partition coefficient (Wildman–Crippen LogP) is 6.09. The Morgan fingerprint density at radius 2 is 1.49 bits per heavy atom. The molecule has 0 aliphatic rings. The van der Waals surface area contributed by atoms with E-state index in [0.717, 1.165) is 17.4 Å². The Labute approximate surface area is 253 Å². The first-order valence-electron chi connectivity index (χ1n) is 13.4. The van der Waals surface area contributed by atoms with E-state index in [4.69, 9.17) is 23.2 Å². The van der Waals surface area contributed by atoms with Crippen LogP contribution < -0.4 is 9.62 Å². The summed E-state index contributed by atoms with van der Waals surface area (Å²) in [5, 5.41) is 3.77. The van der Waals surface area contributed by atoms with E-state index >= 15 is 0 Å². The minimum absolute atomic E-state index is 0.0360. The number of nitrogens with zero attached hydrogens (tertiary/aromatic N) is 2. The summed E-state index contributed by atoms with van der Waals surface area (Å²) in [6.07, 6.45) is 1.74. The van der Waals surface area contributed by atoms with Gasteiger partial charge in [0.05, 0.1) is 22.0 Å². The van der Waals surface area contributed by atoms with Gasteiger partial charge >= 0.3 is 0 Å². The highest BCUT2D eigenvalue weighted by Crippen LogP contribution is 2.25. The molecule has 0 heterocycles. The third-order valence-electron chi connectivity index (χ3n) is 6.30. The number of benzene rings is 3. The molecule has 3 aromatic rings. The Morgan fingerprint density at radius 3 is 2.05 bits per heavy atom. The van der Waals surface area contributed by atoms with Crippen LogP contribution >= 0.6 is 23.2 Å². The molecule has 220 valence electrons. The van der Waals surface area contributed by atoms with Gasteiger partial charge in [0.2, 0.25) is 21.8 Å². The number of amides is 2. The lowest BCUT2D eigenvalue weighted by Gasteiger charge is -2.34. The maximum absolute atomic E-state index is 13.9. The summed E-state index contributed by atoms with van der Waals surface area (Å²) in [5.41, 5.74) is 1.63. The molecule has 2 amide bonds. The first-order chi connectivity index (χ1) is 19.2. The highest BCUT2D eigenvalue weighted by Gasteiger charge is 2.32. The Balaban J connectivity index is 1.92. The fourth-order valence-electron chi connectivity index (χ4n) is 4.44. The van der Waals surface area contributed by atoms with E-state index in [1.54, 1.807) is 47.4 Å². The van der Waals surface area contributed by atoms with Gasteiger partial charge in [0.1, 0.15) is 6.04 Å². The highest BCUT2D eigenvalue weighted by molar-refractivity contribution is 7.92. The third kappa shape index (κ3) is 10.1. The number of carbonyl (C=O) groups is 2. The van der Waals surface area contributed by atoms with Gasteiger partial charge in [-0.1, -0.05) is 77.8 Å².